The molecule has 0 amide bonds. The summed E-state index contributed by atoms with van der Waals surface area (Å²) >= 11 is 5.95. The van der Waals surface area contributed by atoms with Crippen LogP contribution in [0.5, 0.6) is 5.75 Å². The summed E-state index contributed by atoms with van der Waals surface area (Å²) in [6, 6.07) is 6.86. The molecule has 1 saturated carbocycles. The van der Waals surface area contributed by atoms with Crippen LogP contribution in [-0.2, 0) is 16.1 Å². The molecule has 0 unspecified atom stereocenters. The summed E-state index contributed by atoms with van der Waals surface area (Å²) in [5.74, 6) is -1.64. The number of phenolic OH excluding ortho intramolecular Hbond substituents is 1. The monoisotopic (exact) mass is 434 g/mol. The van der Waals surface area contributed by atoms with E-state index >= 15 is 0 Å². The molecule has 0 aliphatic heterocycles. The van der Waals surface area contributed by atoms with Crippen LogP contribution in [0.15, 0.2) is 30.3 Å². The highest BCUT2D eigenvalue weighted by Gasteiger charge is 2.28. The molecule has 30 heavy (non-hydrogen) atoms. The minimum absolute atomic E-state index is 0.0607. The van der Waals surface area contributed by atoms with Crippen molar-refractivity contribution < 1.29 is 23.4 Å². The van der Waals surface area contributed by atoms with Gasteiger partial charge in [-0.2, -0.15) is 0 Å². The first kappa shape index (κ1) is 20.6. The maximum Gasteiger partial charge on any atom is 0.308 e. The van der Waals surface area contributed by atoms with E-state index in [1.54, 1.807) is 12.1 Å². The molecular formula is C22H21ClF2N2O3. The lowest BCUT2D eigenvalue weighted by Crippen LogP contribution is -2.25. The van der Waals surface area contributed by atoms with Crippen molar-refractivity contribution in [3.05, 3.63) is 47.0 Å². The van der Waals surface area contributed by atoms with E-state index in [9.17, 15) is 18.7 Å². The van der Waals surface area contributed by atoms with Gasteiger partial charge in [-0.05, 0) is 49.8 Å². The van der Waals surface area contributed by atoms with Crippen LogP contribution in [0.25, 0.3) is 22.4 Å². The van der Waals surface area contributed by atoms with Crippen molar-refractivity contribution in [1.29, 1.82) is 0 Å². The summed E-state index contributed by atoms with van der Waals surface area (Å²) in [6.07, 6.45) is 3.04. The number of hydrogen-bond donors (Lipinski definition) is 1. The summed E-state index contributed by atoms with van der Waals surface area (Å²) in [5, 5.41) is 10.8. The molecular weight excluding hydrogens is 414 g/mol. The fourth-order valence-corrected chi connectivity index (χ4v) is 4.38. The van der Waals surface area contributed by atoms with Crippen LogP contribution in [0.4, 0.5) is 8.78 Å². The number of carbonyl (C=O) groups excluding carboxylic acids is 1. The van der Waals surface area contributed by atoms with Crippen LogP contribution in [0.3, 0.4) is 0 Å². The van der Waals surface area contributed by atoms with E-state index < -0.39 is 11.6 Å². The van der Waals surface area contributed by atoms with E-state index in [-0.39, 0.29) is 23.6 Å². The number of hydrogen-bond acceptors (Lipinski definition) is 4. The first-order chi connectivity index (χ1) is 14.4. The number of phenols is 1. The number of methoxy groups -OCH3 is 1. The first-order valence-electron chi connectivity index (χ1n) is 9.79. The number of benzene rings is 2. The largest absolute Gasteiger partial charge is 0.507 e. The van der Waals surface area contributed by atoms with Gasteiger partial charge in [-0.1, -0.05) is 11.6 Å². The Morgan fingerprint density at radius 2 is 1.90 bits per heavy atom. The number of imidazole rings is 1. The van der Waals surface area contributed by atoms with Gasteiger partial charge in [0.15, 0.2) is 11.6 Å². The molecule has 0 spiro atoms. The van der Waals surface area contributed by atoms with Crippen LogP contribution < -0.4 is 0 Å². The number of ether oxygens (including phenoxy) is 1. The third-order valence-corrected chi connectivity index (χ3v) is 6.05. The van der Waals surface area contributed by atoms with Crippen molar-refractivity contribution in [2.45, 2.75) is 32.2 Å². The van der Waals surface area contributed by atoms with Gasteiger partial charge in [0.25, 0.3) is 0 Å². The van der Waals surface area contributed by atoms with E-state index in [1.165, 1.54) is 13.2 Å². The van der Waals surface area contributed by atoms with Gasteiger partial charge in [0, 0.05) is 23.7 Å². The fourth-order valence-electron chi connectivity index (χ4n) is 4.21. The average Bonchev–Trinajstić information content (AvgIpc) is 3.05. The number of esters is 1. The summed E-state index contributed by atoms with van der Waals surface area (Å²) in [6.45, 7) is 0.507. The van der Waals surface area contributed by atoms with E-state index in [0.29, 0.717) is 46.8 Å². The summed E-state index contributed by atoms with van der Waals surface area (Å²) in [5.41, 5.74) is 1.19. The molecule has 0 radical (unpaired) electrons. The Hall–Kier alpha value is -2.67. The molecule has 0 saturated heterocycles. The molecule has 1 fully saturated rings. The van der Waals surface area contributed by atoms with E-state index in [2.05, 4.69) is 4.98 Å². The highest BCUT2D eigenvalue weighted by Crippen LogP contribution is 2.37. The van der Waals surface area contributed by atoms with Crippen molar-refractivity contribution in [2.24, 2.45) is 11.8 Å². The van der Waals surface area contributed by atoms with Crippen LogP contribution in [-0.4, -0.2) is 27.7 Å². The van der Waals surface area contributed by atoms with Gasteiger partial charge in [0.05, 0.1) is 29.6 Å². The van der Waals surface area contributed by atoms with E-state index in [1.807, 2.05) is 4.57 Å². The summed E-state index contributed by atoms with van der Waals surface area (Å²) < 4.78 is 34.4. The Labute approximate surface area is 177 Å². The van der Waals surface area contributed by atoms with Crippen molar-refractivity contribution in [3.63, 3.8) is 0 Å². The van der Waals surface area contributed by atoms with Gasteiger partial charge >= 0.3 is 5.97 Å². The van der Waals surface area contributed by atoms with Crippen LogP contribution in [0.2, 0.25) is 5.02 Å². The number of aromatic nitrogens is 2. The lowest BCUT2D eigenvalue weighted by molar-refractivity contribution is -0.146. The van der Waals surface area contributed by atoms with Crippen molar-refractivity contribution in [1.82, 2.24) is 9.55 Å². The van der Waals surface area contributed by atoms with Crippen LogP contribution in [0.1, 0.15) is 25.7 Å². The molecule has 1 aliphatic rings. The lowest BCUT2D eigenvalue weighted by Gasteiger charge is -2.27. The zero-order chi connectivity index (χ0) is 21.4. The molecule has 2 aromatic carbocycles. The molecule has 4 rings (SSSR count). The molecule has 1 aliphatic carbocycles. The second-order valence-electron chi connectivity index (χ2n) is 7.70. The molecule has 1 heterocycles. The number of fused-ring (bicyclic) bond motifs is 1. The standard InChI is InChI=1S/C22H21ClF2N2O3/c1-30-22(29)13-4-2-12(3-5-13)11-27-19-10-17(25)16(24)9-18(19)26-21(27)15-7-6-14(23)8-20(15)28/h6-10,12-13,28H,2-5,11H2,1H3. The topological polar surface area (TPSA) is 64.3 Å². The quantitative estimate of drug-likeness (QED) is 0.564. The predicted molar refractivity (Wildman–Crippen MR) is 109 cm³/mol. The average molecular weight is 435 g/mol. The number of rotatable bonds is 4. The molecule has 1 N–H and O–H groups in total. The number of carbonyl (C=O) groups is 1. The molecule has 1 aromatic heterocycles. The SMILES string of the molecule is COC(=O)C1CCC(Cn2c(-c3ccc(Cl)cc3O)nc3cc(F)c(F)cc32)CC1. The maximum absolute atomic E-state index is 14.0. The molecule has 5 nitrogen and oxygen atoms in total. The molecule has 0 atom stereocenters. The van der Waals surface area contributed by atoms with Crippen LogP contribution in [0, 0.1) is 23.5 Å². The number of aromatic hydroxyl groups is 1. The van der Waals surface area contributed by atoms with Gasteiger partial charge in [-0.25, -0.2) is 13.8 Å². The predicted octanol–water partition coefficient (Wildman–Crippen LogP) is 5.32. The van der Waals surface area contributed by atoms with Crippen molar-refractivity contribution in [3.8, 4) is 17.1 Å². The highest BCUT2D eigenvalue weighted by atomic mass is 35.5. The summed E-state index contributed by atoms with van der Waals surface area (Å²) in [4.78, 5) is 16.3. The fraction of sp³-hybridized carbons (Fsp3) is 0.364. The van der Waals surface area contributed by atoms with Gasteiger partial charge < -0.3 is 14.4 Å². The van der Waals surface area contributed by atoms with Gasteiger partial charge in [0.2, 0.25) is 0 Å². The molecule has 0 bridgehead atoms. The van der Waals surface area contributed by atoms with Gasteiger partial charge in [-0.15, -0.1) is 0 Å². The Morgan fingerprint density at radius 1 is 1.20 bits per heavy atom. The van der Waals surface area contributed by atoms with Crippen molar-refractivity contribution >= 4 is 28.6 Å². The maximum atomic E-state index is 14.0. The molecule has 158 valence electrons. The van der Waals surface area contributed by atoms with Crippen molar-refractivity contribution in [2.75, 3.05) is 7.11 Å². The minimum Gasteiger partial charge on any atom is -0.507 e. The second kappa shape index (κ2) is 8.22. The van der Waals surface area contributed by atoms with Gasteiger partial charge in [0.1, 0.15) is 11.6 Å². The smallest absolute Gasteiger partial charge is 0.308 e. The molecule has 3 aromatic rings. The normalized spacial score (nSPS) is 19.2. The third-order valence-electron chi connectivity index (χ3n) is 5.81. The highest BCUT2D eigenvalue weighted by molar-refractivity contribution is 6.30. The minimum atomic E-state index is -0.974. The van der Waals surface area contributed by atoms with E-state index in [4.69, 9.17) is 16.3 Å². The Kier molecular flexibility index (Phi) is 5.64. The zero-order valence-corrected chi connectivity index (χ0v) is 17.1. The summed E-state index contributed by atoms with van der Waals surface area (Å²) in [7, 11) is 1.39. The Morgan fingerprint density at radius 3 is 2.57 bits per heavy atom. The lowest BCUT2D eigenvalue weighted by atomic mass is 9.82. The first-order valence-corrected chi connectivity index (χ1v) is 10.2. The molecule has 8 heteroatoms. The zero-order valence-electron chi connectivity index (χ0n) is 16.4. The van der Waals surface area contributed by atoms with E-state index in [0.717, 1.165) is 25.0 Å². The Bertz CT molecular complexity index is 1110. The van der Waals surface area contributed by atoms with Crippen LogP contribution >= 0.6 is 11.6 Å². The second-order valence-corrected chi connectivity index (χ2v) is 8.14. The van der Waals surface area contributed by atoms with Gasteiger partial charge in [-0.3, -0.25) is 4.79 Å². The Balaban J connectivity index is 1.72. The third kappa shape index (κ3) is 3.86. The number of nitrogens with zero attached hydrogens (tertiary/aromatic N) is 2. The number of halogens is 3.